The molecule has 0 saturated heterocycles. The van der Waals surface area contributed by atoms with Crippen LogP contribution < -0.4 is 5.32 Å². The summed E-state index contributed by atoms with van der Waals surface area (Å²) in [7, 11) is 0. The third-order valence-corrected chi connectivity index (χ3v) is 3.37. The van der Waals surface area contributed by atoms with E-state index in [4.69, 9.17) is 0 Å². The van der Waals surface area contributed by atoms with Gasteiger partial charge in [0.25, 0.3) is 5.91 Å². The van der Waals surface area contributed by atoms with Crippen LogP contribution >= 0.6 is 22.6 Å². The lowest BCUT2D eigenvalue weighted by atomic mass is 10.1. The fraction of sp³-hybridized carbons (Fsp3) is 0.417. The van der Waals surface area contributed by atoms with E-state index >= 15 is 0 Å². The third-order valence-electron chi connectivity index (χ3n) is 2.43. The van der Waals surface area contributed by atoms with Crippen LogP contribution in [-0.2, 0) is 0 Å². The summed E-state index contributed by atoms with van der Waals surface area (Å²) in [6, 6.07) is 7.62. The second kappa shape index (κ2) is 6.10. The van der Waals surface area contributed by atoms with E-state index in [0.717, 1.165) is 22.1 Å². The van der Waals surface area contributed by atoms with Crippen LogP contribution in [-0.4, -0.2) is 12.5 Å². The number of rotatable bonds is 4. The fourth-order valence-corrected chi connectivity index (χ4v) is 1.78. The highest BCUT2D eigenvalue weighted by molar-refractivity contribution is 14.1. The molecule has 1 atom stereocenters. The van der Waals surface area contributed by atoms with Gasteiger partial charge in [-0.25, -0.2) is 0 Å². The average Bonchev–Trinajstić information content (AvgIpc) is 2.26. The smallest absolute Gasteiger partial charge is 0.252 e. The standard InChI is InChI=1S/C12H16INO/c1-3-9(2)8-14-12(15)10-6-4-5-7-11(10)13/h4-7,9H,3,8H2,1-2H3,(H,14,15). The second-order valence-corrected chi connectivity index (χ2v) is 4.87. The lowest BCUT2D eigenvalue weighted by Crippen LogP contribution is -2.28. The highest BCUT2D eigenvalue weighted by Gasteiger charge is 2.09. The van der Waals surface area contributed by atoms with Crippen molar-refractivity contribution in [3.8, 4) is 0 Å². The Morgan fingerprint density at radius 2 is 2.13 bits per heavy atom. The summed E-state index contributed by atoms with van der Waals surface area (Å²) >= 11 is 2.18. The molecule has 0 spiro atoms. The molecule has 1 rings (SSSR count). The molecule has 15 heavy (non-hydrogen) atoms. The summed E-state index contributed by atoms with van der Waals surface area (Å²) in [5.41, 5.74) is 0.765. The number of carbonyl (C=O) groups excluding carboxylic acids is 1. The van der Waals surface area contributed by atoms with E-state index in [9.17, 15) is 4.79 Å². The molecule has 2 nitrogen and oxygen atoms in total. The van der Waals surface area contributed by atoms with Crippen molar-refractivity contribution in [3.05, 3.63) is 33.4 Å². The Kier molecular flexibility index (Phi) is 5.08. The Morgan fingerprint density at radius 1 is 1.47 bits per heavy atom. The van der Waals surface area contributed by atoms with E-state index < -0.39 is 0 Å². The molecular formula is C12H16INO. The molecule has 0 fully saturated rings. The van der Waals surface area contributed by atoms with Crippen LogP contribution in [0.25, 0.3) is 0 Å². The quantitative estimate of drug-likeness (QED) is 0.850. The highest BCUT2D eigenvalue weighted by Crippen LogP contribution is 2.11. The van der Waals surface area contributed by atoms with Crippen LogP contribution in [0.5, 0.6) is 0 Å². The zero-order valence-electron chi connectivity index (χ0n) is 9.09. The summed E-state index contributed by atoms with van der Waals surface area (Å²) in [6.07, 6.45) is 1.09. The van der Waals surface area contributed by atoms with Crippen molar-refractivity contribution < 1.29 is 4.79 Å². The number of halogens is 1. The predicted molar refractivity (Wildman–Crippen MR) is 70.9 cm³/mol. The Morgan fingerprint density at radius 3 is 2.73 bits per heavy atom. The number of hydrogen-bond acceptors (Lipinski definition) is 1. The summed E-state index contributed by atoms with van der Waals surface area (Å²) in [5.74, 6) is 0.565. The summed E-state index contributed by atoms with van der Waals surface area (Å²) in [5, 5.41) is 2.95. The summed E-state index contributed by atoms with van der Waals surface area (Å²) in [4.78, 5) is 11.8. The predicted octanol–water partition coefficient (Wildman–Crippen LogP) is 3.07. The van der Waals surface area contributed by atoms with E-state index in [1.165, 1.54) is 0 Å². The molecular weight excluding hydrogens is 301 g/mol. The van der Waals surface area contributed by atoms with Gasteiger partial charge in [-0.05, 0) is 40.6 Å². The summed E-state index contributed by atoms with van der Waals surface area (Å²) in [6.45, 7) is 5.01. The molecule has 0 radical (unpaired) electrons. The highest BCUT2D eigenvalue weighted by atomic mass is 127. The van der Waals surface area contributed by atoms with Crippen molar-refractivity contribution in [2.75, 3.05) is 6.54 Å². The maximum Gasteiger partial charge on any atom is 0.252 e. The first-order chi connectivity index (χ1) is 7.15. The molecule has 3 heteroatoms. The molecule has 1 aromatic carbocycles. The number of nitrogens with one attached hydrogen (secondary N) is 1. The molecule has 0 aliphatic heterocycles. The van der Waals surface area contributed by atoms with Gasteiger partial charge in [0.15, 0.2) is 0 Å². The lowest BCUT2D eigenvalue weighted by molar-refractivity contribution is 0.0947. The van der Waals surface area contributed by atoms with Crippen LogP contribution in [0.1, 0.15) is 30.6 Å². The van der Waals surface area contributed by atoms with E-state index in [2.05, 4.69) is 41.8 Å². The molecule has 1 unspecified atom stereocenters. The normalized spacial score (nSPS) is 12.2. The van der Waals surface area contributed by atoms with Crippen molar-refractivity contribution in [1.82, 2.24) is 5.32 Å². The van der Waals surface area contributed by atoms with Crippen LogP contribution in [0.2, 0.25) is 0 Å². The van der Waals surface area contributed by atoms with Gasteiger partial charge in [-0.2, -0.15) is 0 Å². The van der Waals surface area contributed by atoms with E-state index in [0.29, 0.717) is 5.92 Å². The molecule has 0 aliphatic carbocycles. The van der Waals surface area contributed by atoms with Crippen LogP contribution in [0.3, 0.4) is 0 Å². The number of hydrogen-bond donors (Lipinski definition) is 1. The number of carbonyl (C=O) groups is 1. The molecule has 0 heterocycles. The Labute approximate surface area is 105 Å². The zero-order valence-corrected chi connectivity index (χ0v) is 11.2. The largest absolute Gasteiger partial charge is 0.352 e. The van der Waals surface area contributed by atoms with Gasteiger partial charge in [-0.15, -0.1) is 0 Å². The minimum absolute atomic E-state index is 0.0281. The average molecular weight is 317 g/mol. The van der Waals surface area contributed by atoms with E-state index in [1.54, 1.807) is 0 Å². The number of benzene rings is 1. The molecule has 1 N–H and O–H groups in total. The molecule has 0 aliphatic rings. The first-order valence-electron chi connectivity index (χ1n) is 5.17. The van der Waals surface area contributed by atoms with Crippen LogP contribution in [0.4, 0.5) is 0 Å². The van der Waals surface area contributed by atoms with Gasteiger partial charge in [0.2, 0.25) is 0 Å². The van der Waals surface area contributed by atoms with Gasteiger partial charge in [0.1, 0.15) is 0 Å². The van der Waals surface area contributed by atoms with Gasteiger partial charge in [-0.1, -0.05) is 32.4 Å². The number of amides is 1. The maximum atomic E-state index is 11.8. The van der Waals surface area contributed by atoms with Crippen molar-refractivity contribution in [3.63, 3.8) is 0 Å². The SMILES string of the molecule is CCC(C)CNC(=O)c1ccccc1I. The molecule has 82 valence electrons. The first-order valence-corrected chi connectivity index (χ1v) is 6.25. The van der Waals surface area contributed by atoms with Crippen LogP contribution in [0.15, 0.2) is 24.3 Å². The van der Waals surface area contributed by atoms with E-state index in [1.807, 2.05) is 24.3 Å². The lowest BCUT2D eigenvalue weighted by Gasteiger charge is -2.10. The first kappa shape index (κ1) is 12.5. The van der Waals surface area contributed by atoms with Gasteiger partial charge >= 0.3 is 0 Å². The van der Waals surface area contributed by atoms with Crippen molar-refractivity contribution in [2.24, 2.45) is 5.92 Å². The minimum Gasteiger partial charge on any atom is -0.352 e. The Balaban J connectivity index is 2.58. The van der Waals surface area contributed by atoms with Gasteiger partial charge < -0.3 is 5.32 Å². The van der Waals surface area contributed by atoms with Crippen molar-refractivity contribution >= 4 is 28.5 Å². The third kappa shape index (κ3) is 3.81. The second-order valence-electron chi connectivity index (χ2n) is 3.70. The fourth-order valence-electron chi connectivity index (χ4n) is 1.15. The zero-order chi connectivity index (χ0) is 11.3. The van der Waals surface area contributed by atoms with Gasteiger partial charge in [-0.3, -0.25) is 4.79 Å². The molecule has 0 saturated carbocycles. The maximum absolute atomic E-state index is 11.8. The molecule has 1 amide bonds. The van der Waals surface area contributed by atoms with Gasteiger partial charge in [0.05, 0.1) is 5.56 Å². The Hall–Kier alpha value is -0.580. The van der Waals surface area contributed by atoms with Gasteiger partial charge in [0, 0.05) is 10.1 Å². The molecule has 1 aromatic rings. The topological polar surface area (TPSA) is 29.1 Å². The molecule has 0 bridgehead atoms. The van der Waals surface area contributed by atoms with E-state index in [-0.39, 0.29) is 5.91 Å². The van der Waals surface area contributed by atoms with Crippen molar-refractivity contribution in [2.45, 2.75) is 20.3 Å². The summed E-state index contributed by atoms with van der Waals surface area (Å²) < 4.78 is 0.997. The monoisotopic (exact) mass is 317 g/mol. The van der Waals surface area contributed by atoms with Crippen molar-refractivity contribution in [1.29, 1.82) is 0 Å². The van der Waals surface area contributed by atoms with Crippen LogP contribution in [0, 0.1) is 9.49 Å². The molecule has 0 aromatic heterocycles. The minimum atomic E-state index is 0.0281. The Bertz CT molecular complexity index is 338.